The van der Waals surface area contributed by atoms with E-state index in [0.29, 0.717) is 17.5 Å². The molecule has 0 fully saturated rings. The van der Waals surface area contributed by atoms with Crippen LogP contribution in [-0.2, 0) is 0 Å². The third-order valence-electron chi connectivity index (χ3n) is 11.3. The Labute approximate surface area is 353 Å². The summed E-state index contributed by atoms with van der Waals surface area (Å²) in [6, 6.07) is 73.3. The number of aromatic nitrogens is 4. The Hall–Kier alpha value is -8.28. The quantitative estimate of drug-likeness (QED) is 0.154. The second-order valence-electron chi connectivity index (χ2n) is 15.0. The molecule has 0 amide bonds. The van der Waals surface area contributed by atoms with Crippen molar-refractivity contribution in [1.29, 1.82) is 0 Å². The summed E-state index contributed by atoms with van der Waals surface area (Å²) in [5, 5.41) is 1.87. The predicted octanol–water partition coefficient (Wildman–Crippen LogP) is 14.5. The molecular formula is C56H36N4O. The van der Waals surface area contributed by atoms with E-state index < -0.39 is 0 Å². The van der Waals surface area contributed by atoms with Crippen molar-refractivity contribution in [3.8, 4) is 89.9 Å². The molecule has 0 saturated carbocycles. The average molecular weight is 781 g/mol. The van der Waals surface area contributed by atoms with E-state index in [2.05, 4.69) is 176 Å². The molecule has 11 rings (SSSR count). The molecule has 286 valence electrons. The van der Waals surface area contributed by atoms with Crippen molar-refractivity contribution in [2.24, 2.45) is 0 Å². The first kappa shape index (κ1) is 35.8. The molecule has 0 aliphatic carbocycles. The van der Waals surface area contributed by atoms with Crippen LogP contribution in [0.1, 0.15) is 0 Å². The van der Waals surface area contributed by atoms with Crippen LogP contribution in [0.5, 0.6) is 0 Å². The maximum Gasteiger partial charge on any atom is 0.164 e. The largest absolute Gasteiger partial charge is 0.454 e. The van der Waals surface area contributed by atoms with Crippen molar-refractivity contribution in [1.82, 2.24) is 19.9 Å². The van der Waals surface area contributed by atoms with E-state index in [4.69, 9.17) is 24.4 Å². The van der Waals surface area contributed by atoms with Crippen molar-refractivity contribution in [2.45, 2.75) is 0 Å². The van der Waals surface area contributed by atoms with Crippen LogP contribution >= 0.6 is 0 Å². The summed E-state index contributed by atoms with van der Waals surface area (Å²) in [6.45, 7) is 0. The Morgan fingerprint density at radius 2 is 0.738 bits per heavy atom. The topological polar surface area (TPSA) is 64.7 Å². The van der Waals surface area contributed by atoms with Gasteiger partial charge in [-0.3, -0.25) is 4.98 Å². The van der Waals surface area contributed by atoms with E-state index in [1.807, 2.05) is 42.6 Å². The molecular weight excluding hydrogens is 745 g/mol. The van der Waals surface area contributed by atoms with Crippen molar-refractivity contribution in [3.63, 3.8) is 0 Å². The molecule has 0 saturated heterocycles. The van der Waals surface area contributed by atoms with Crippen molar-refractivity contribution >= 4 is 21.9 Å². The number of benzene rings is 8. The van der Waals surface area contributed by atoms with Gasteiger partial charge in [-0.25, -0.2) is 15.0 Å². The highest BCUT2D eigenvalue weighted by Gasteiger charge is 2.20. The van der Waals surface area contributed by atoms with Gasteiger partial charge in [0.25, 0.3) is 0 Å². The molecule has 5 heteroatoms. The SMILES string of the molecule is c1ccc(-c2ccc(-c3cccc(-c4nc(-c5ccc(-c6ccccc6)cc5)nc(-c5cccc6oc7c(-c8ccc(-c9ccccc9)cc8)nccc7c56)n4)c3)cc2)cc1. The van der Waals surface area contributed by atoms with Gasteiger partial charge >= 0.3 is 0 Å². The smallest absolute Gasteiger partial charge is 0.164 e. The number of nitrogens with zero attached hydrogens (tertiary/aromatic N) is 4. The lowest BCUT2D eigenvalue weighted by Gasteiger charge is -2.11. The molecule has 5 nitrogen and oxygen atoms in total. The second kappa shape index (κ2) is 15.5. The van der Waals surface area contributed by atoms with Crippen LogP contribution in [0.15, 0.2) is 223 Å². The third-order valence-corrected chi connectivity index (χ3v) is 11.3. The third kappa shape index (κ3) is 6.94. The molecule has 8 aromatic carbocycles. The summed E-state index contributed by atoms with van der Waals surface area (Å²) in [5.41, 5.74) is 15.0. The van der Waals surface area contributed by atoms with E-state index in [1.54, 1.807) is 0 Å². The second-order valence-corrected chi connectivity index (χ2v) is 15.0. The first-order valence-corrected chi connectivity index (χ1v) is 20.4. The van der Waals surface area contributed by atoms with E-state index in [0.717, 1.165) is 77.7 Å². The van der Waals surface area contributed by atoms with Gasteiger partial charge in [0.1, 0.15) is 11.3 Å². The van der Waals surface area contributed by atoms with Crippen LogP contribution in [0.4, 0.5) is 0 Å². The van der Waals surface area contributed by atoms with Gasteiger partial charge in [-0.1, -0.05) is 194 Å². The molecule has 11 aromatic rings. The molecule has 0 aliphatic heterocycles. The van der Waals surface area contributed by atoms with E-state index in [9.17, 15) is 0 Å². The van der Waals surface area contributed by atoms with Gasteiger partial charge in [-0.15, -0.1) is 0 Å². The minimum atomic E-state index is 0.559. The molecule has 3 heterocycles. The molecule has 3 aromatic heterocycles. The van der Waals surface area contributed by atoms with Crippen LogP contribution in [0, 0.1) is 0 Å². The average Bonchev–Trinajstić information content (AvgIpc) is 3.74. The summed E-state index contributed by atoms with van der Waals surface area (Å²) >= 11 is 0. The highest BCUT2D eigenvalue weighted by molar-refractivity contribution is 6.14. The Balaban J connectivity index is 1.03. The van der Waals surface area contributed by atoms with Crippen molar-refractivity contribution in [3.05, 3.63) is 219 Å². The highest BCUT2D eigenvalue weighted by atomic mass is 16.3. The molecule has 0 radical (unpaired) electrons. The van der Waals surface area contributed by atoms with Gasteiger partial charge in [0.2, 0.25) is 0 Å². The Morgan fingerprint density at radius 3 is 1.31 bits per heavy atom. The summed E-state index contributed by atoms with van der Waals surface area (Å²) < 4.78 is 6.67. The zero-order valence-corrected chi connectivity index (χ0v) is 33.0. The number of hydrogen-bond donors (Lipinski definition) is 0. The molecule has 0 N–H and O–H groups in total. The summed E-state index contributed by atoms with van der Waals surface area (Å²) in [4.78, 5) is 20.4. The number of furan rings is 1. The number of rotatable bonds is 8. The maximum atomic E-state index is 6.67. The fraction of sp³-hybridized carbons (Fsp3) is 0. The molecule has 0 aliphatic rings. The molecule has 0 atom stereocenters. The summed E-state index contributed by atoms with van der Waals surface area (Å²) in [5.74, 6) is 1.73. The Kier molecular flexibility index (Phi) is 9.10. The fourth-order valence-corrected chi connectivity index (χ4v) is 8.12. The van der Waals surface area contributed by atoms with Crippen LogP contribution in [0.3, 0.4) is 0 Å². The van der Waals surface area contributed by atoms with E-state index >= 15 is 0 Å². The van der Waals surface area contributed by atoms with Crippen molar-refractivity contribution < 1.29 is 4.42 Å². The van der Waals surface area contributed by atoms with E-state index in [-0.39, 0.29) is 0 Å². The summed E-state index contributed by atoms with van der Waals surface area (Å²) in [6.07, 6.45) is 1.85. The first-order valence-electron chi connectivity index (χ1n) is 20.4. The first-order chi connectivity index (χ1) is 30.2. The van der Waals surface area contributed by atoms with E-state index in [1.165, 1.54) is 16.7 Å². The molecule has 0 bridgehead atoms. The standard InChI is InChI=1S/C56H36N4O/c1-4-12-37(13-5-1)40-22-24-43(25-23-40)46-18-10-19-47(36-46)55-58-54(45-32-28-42(29-33-45)39-16-8-3-9-17-39)59-56(60-55)49-20-11-21-50-51(49)48-34-35-57-52(53(48)61-50)44-30-26-41(27-31-44)38-14-6-2-7-15-38/h1-36H. The van der Waals surface area contributed by atoms with Gasteiger partial charge in [-0.05, 0) is 62.7 Å². The highest BCUT2D eigenvalue weighted by Crippen LogP contribution is 2.40. The van der Waals surface area contributed by atoms with Gasteiger partial charge in [-0.2, -0.15) is 0 Å². The number of pyridine rings is 1. The van der Waals surface area contributed by atoms with Gasteiger partial charge in [0, 0.05) is 39.2 Å². The monoisotopic (exact) mass is 780 g/mol. The minimum Gasteiger partial charge on any atom is -0.454 e. The van der Waals surface area contributed by atoms with Gasteiger partial charge in [0.05, 0.1) is 0 Å². The minimum absolute atomic E-state index is 0.559. The van der Waals surface area contributed by atoms with Gasteiger partial charge in [0.15, 0.2) is 23.1 Å². The van der Waals surface area contributed by atoms with Crippen LogP contribution in [0.25, 0.3) is 112 Å². The fourth-order valence-electron chi connectivity index (χ4n) is 8.12. The lowest BCUT2D eigenvalue weighted by Crippen LogP contribution is -2.00. The zero-order valence-electron chi connectivity index (χ0n) is 33.0. The lowest BCUT2D eigenvalue weighted by atomic mass is 9.99. The number of fused-ring (bicyclic) bond motifs is 3. The Morgan fingerprint density at radius 1 is 0.311 bits per heavy atom. The van der Waals surface area contributed by atoms with Crippen LogP contribution in [0.2, 0.25) is 0 Å². The number of hydrogen-bond acceptors (Lipinski definition) is 5. The summed E-state index contributed by atoms with van der Waals surface area (Å²) in [7, 11) is 0. The lowest BCUT2D eigenvalue weighted by molar-refractivity contribution is 0.668. The normalized spacial score (nSPS) is 11.3. The Bertz CT molecular complexity index is 3310. The molecule has 0 spiro atoms. The van der Waals surface area contributed by atoms with Crippen LogP contribution in [-0.4, -0.2) is 19.9 Å². The predicted molar refractivity (Wildman–Crippen MR) is 248 cm³/mol. The molecule has 0 unspecified atom stereocenters. The maximum absolute atomic E-state index is 6.67. The van der Waals surface area contributed by atoms with Crippen molar-refractivity contribution in [2.75, 3.05) is 0 Å². The van der Waals surface area contributed by atoms with Gasteiger partial charge < -0.3 is 4.42 Å². The van der Waals surface area contributed by atoms with Crippen LogP contribution < -0.4 is 0 Å². The molecule has 61 heavy (non-hydrogen) atoms. The zero-order chi connectivity index (χ0) is 40.5.